The molecule has 0 spiro atoms. The second kappa shape index (κ2) is 9.14. The zero-order chi connectivity index (χ0) is 15.3. The van der Waals surface area contributed by atoms with Crippen LogP contribution in [0.5, 0.6) is 0 Å². The van der Waals surface area contributed by atoms with Crippen molar-refractivity contribution in [3.05, 3.63) is 0 Å². The van der Waals surface area contributed by atoms with Crippen LogP contribution in [0.2, 0.25) is 0 Å². The van der Waals surface area contributed by atoms with Gasteiger partial charge in [-0.3, -0.25) is 4.99 Å². The first-order valence-corrected chi connectivity index (χ1v) is 7.81. The number of hydrogen-bond donors (Lipinski definition) is 2. The molecule has 130 valence electrons. The minimum absolute atomic E-state index is 0. The lowest BCUT2D eigenvalue weighted by Gasteiger charge is -2.15. The van der Waals surface area contributed by atoms with Gasteiger partial charge in [0.1, 0.15) is 0 Å². The van der Waals surface area contributed by atoms with Crippen molar-refractivity contribution in [2.24, 2.45) is 10.9 Å². The molecule has 2 N–H and O–H groups in total. The van der Waals surface area contributed by atoms with Crippen molar-refractivity contribution in [2.75, 3.05) is 32.7 Å². The minimum Gasteiger partial charge on any atom is -0.357 e. The van der Waals surface area contributed by atoms with Crippen LogP contribution in [0.4, 0.5) is 13.2 Å². The Kier molecular flexibility index (Phi) is 8.23. The Balaban J connectivity index is 0.00000242. The van der Waals surface area contributed by atoms with Gasteiger partial charge in [0.2, 0.25) is 0 Å². The van der Waals surface area contributed by atoms with Crippen molar-refractivity contribution in [2.45, 2.75) is 44.8 Å². The Bertz CT molecular complexity index is 358. The maximum Gasteiger partial charge on any atom is 0.390 e. The summed E-state index contributed by atoms with van der Waals surface area (Å²) in [7, 11) is 0. The number of alkyl halides is 3. The first kappa shape index (κ1) is 19.8. The van der Waals surface area contributed by atoms with Crippen molar-refractivity contribution in [3.63, 3.8) is 0 Å². The molecule has 4 nitrogen and oxygen atoms in total. The molecule has 0 radical (unpaired) electrons. The number of nitrogens with zero attached hydrogens (tertiary/aromatic N) is 2. The van der Waals surface area contributed by atoms with E-state index in [0.29, 0.717) is 25.0 Å². The summed E-state index contributed by atoms with van der Waals surface area (Å²) in [6, 6.07) is 0.789. The molecule has 2 aliphatic rings. The molecule has 2 fully saturated rings. The van der Waals surface area contributed by atoms with E-state index in [2.05, 4.69) is 20.5 Å². The molecule has 0 amide bonds. The van der Waals surface area contributed by atoms with Gasteiger partial charge in [0.05, 0.1) is 6.42 Å². The second-order valence-corrected chi connectivity index (χ2v) is 5.89. The number of hydrogen-bond acceptors (Lipinski definition) is 2. The Morgan fingerprint density at radius 2 is 1.95 bits per heavy atom. The summed E-state index contributed by atoms with van der Waals surface area (Å²) in [5, 5.41) is 5.75. The van der Waals surface area contributed by atoms with Gasteiger partial charge in [-0.05, 0) is 38.6 Å². The zero-order valence-corrected chi connectivity index (χ0v) is 15.3. The maximum atomic E-state index is 12.1. The number of rotatable bonds is 6. The molecule has 22 heavy (non-hydrogen) atoms. The van der Waals surface area contributed by atoms with Gasteiger partial charge in [-0.15, -0.1) is 24.0 Å². The molecule has 1 saturated carbocycles. The van der Waals surface area contributed by atoms with Crippen LogP contribution in [0.3, 0.4) is 0 Å². The van der Waals surface area contributed by atoms with Gasteiger partial charge in [-0.25, -0.2) is 0 Å². The van der Waals surface area contributed by atoms with Gasteiger partial charge < -0.3 is 15.5 Å². The Morgan fingerprint density at radius 3 is 2.55 bits per heavy atom. The van der Waals surface area contributed by atoms with E-state index in [0.717, 1.165) is 25.6 Å². The summed E-state index contributed by atoms with van der Waals surface area (Å²) in [4.78, 5) is 6.95. The molecule has 1 aliphatic carbocycles. The predicted molar refractivity (Wildman–Crippen MR) is 92.8 cm³/mol. The van der Waals surface area contributed by atoms with E-state index >= 15 is 0 Å². The van der Waals surface area contributed by atoms with Crippen molar-refractivity contribution in [1.82, 2.24) is 15.5 Å². The van der Waals surface area contributed by atoms with E-state index in [1.807, 2.05) is 6.92 Å². The van der Waals surface area contributed by atoms with E-state index in [1.54, 1.807) is 0 Å². The summed E-state index contributed by atoms with van der Waals surface area (Å²) in [5.41, 5.74) is 0. The molecule has 8 heteroatoms. The summed E-state index contributed by atoms with van der Waals surface area (Å²) in [5.74, 6) is 1.02. The fourth-order valence-electron chi connectivity index (χ4n) is 2.67. The second-order valence-electron chi connectivity index (χ2n) is 5.89. The molecule has 0 bridgehead atoms. The third-order valence-electron chi connectivity index (χ3n) is 3.93. The van der Waals surface area contributed by atoms with Crippen LogP contribution >= 0.6 is 24.0 Å². The van der Waals surface area contributed by atoms with Gasteiger partial charge in [0.15, 0.2) is 5.96 Å². The van der Waals surface area contributed by atoms with Crippen LogP contribution in [0.15, 0.2) is 4.99 Å². The standard InChI is InChI=1S/C14H25F3N4.HI/c1-2-18-13(19-7-6-14(15,16)17)20-9-11-5-8-21(10-11)12-3-4-12;/h11-12H,2-10H2,1H3,(H2,18,19,20);1H. The molecule has 0 aromatic heterocycles. The normalized spacial score (nSPS) is 23.3. The summed E-state index contributed by atoms with van der Waals surface area (Å²) in [6.07, 6.45) is -1.19. The molecule has 2 rings (SSSR count). The van der Waals surface area contributed by atoms with Crippen LogP contribution in [0.1, 0.15) is 32.6 Å². The molecule has 1 atom stereocenters. The van der Waals surface area contributed by atoms with Crippen LogP contribution in [0, 0.1) is 5.92 Å². The van der Waals surface area contributed by atoms with E-state index in [9.17, 15) is 13.2 Å². The lowest BCUT2D eigenvalue weighted by molar-refractivity contribution is -0.132. The van der Waals surface area contributed by atoms with Crippen molar-refractivity contribution >= 4 is 29.9 Å². The molecule has 1 unspecified atom stereocenters. The van der Waals surface area contributed by atoms with Crippen molar-refractivity contribution < 1.29 is 13.2 Å². The van der Waals surface area contributed by atoms with Crippen LogP contribution in [-0.2, 0) is 0 Å². The first-order chi connectivity index (χ1) is 9.98. The number of guanidine groups is 1. The lowest BCUT2D eigenvalue weighted by atomic mass is 10.1. The first-order valence-electron chi connectivity index (χ1n) is 7.81. The Morgan fingerprint density at radius 1 is 1.23 bits per heavy atom. The summed E-state index contributed by atoms with van der Waals surface area (Å²) >= 11 is 0. The molecule has 1 saturated heterocycles. The molecule has 1 heterocycles. The quantitative estimate of drug-likeness (QED) is 0.384. The van der Waals surface area contributed by atoms with Gasteiger partial charge in [-0.2, -0.15) is 13.2 Å². The van der Waals surface area contributed by atoms with Crippen molar-refractivity contribution in [3.8, 4) is 0 Å². The van der Waals surface area contributed by atoms with Crippen LogP contribution in [0.25, 0.3) is 0 Å². The highest BCUT2D eigenvalue weighted by Crippen LogP contribution is 2.31. The fraction of sp³-hybridized carbons (Fsp3) is 0.929. The average molecular weight is 434 g/mol. The van der Waals surface area contributed by atoms with E-state index in [4.69, 9.17) is 0 Å². The van der Waals surface area contributed by atoms with E-state index in [1.165, 1.54) is 12.8 Å². The smallest absolute Gasteiger partial charge is 0.357 e. The number of likely N-dealkylation sites (tertiary alicyclic amines) is 1. The average Bonchev–Trinajstić information content (AvgIpc) is 3.14. The maximum absolute atomic E-state index is 12.1. The topological polar surface area (TPSA) is 39.7 Å². The highest BCUT2D eigenvalue weighted by molar-refractivity contribution is 14.0. The predicted octanol–water partition coefficient (Wildman–Crippen LogP) is 2.60. The SMILES string of the molecule is CCNC(=NCC1CCN(C2CC2)C1)NCCC(F)(F)F.I. The zero-order valence-electron chi connectivity index (χ0n) is 13.0. The Hall–Kier alpha value is -0.250. The number of nitrogens with one attached hydrogen (secondary N) is 2. The monoisotopic (exact) mass is 434 g/mol. The number of aliphatic imine (C=N–C) groups is 1. The van der Waals surface area contributed by atoms with Crippen LogP contribution in [-0.4, -0.2) is 55.8 Å². The summed E-state index contributed by atoms with van der Waals surface area (Å²) < 4.78 is 36.4. The fourth-order valence-corrected chi connectivity index (χ4v) is 2.67. The third-order valence-corrected chi connectivity index (χ3v) is 3.93. The lowest BCUT2D eigenvalue weighted by Crippen LogP contribution is -2.39. The minimum atomic E-state index is -4.12. The third kappa shape index (κ3) is 7.34. The van der Waals surface area contributed by atoms with Gasteiger partial charge in [0, 0.05) is 32.2 Å². The van der Waals surface area contributed by atoms with Gasteiger partial charge in [-0.1, -0.05) is 0 Å². The van der Waals surface area contributed by atoms with E-state index < -0.39 is 12.6 Å². The van der Waals surface area contributed by atoms with Crippen LogP contribution < -0.4 is 10.6 Å². The highest BCUT2D eigenvalue weighted by Gasteiger charge is 2.34. The Labute approximate surface area is 147 Å². The molecule has 1 aliphatic heterocycles. The molecule has 0 aromatic carbocycles. The molecular weight excluding hydrogens is 408 g/mol. The summed E-state index contributed by atoms with van der Waals surface area (Å²) in [6.45, 7) is 5.33. The molecular formula is C14H26F3IN4. The largest absolute Gasteiger partial charge is 0.390 e. The van der Waals surface area contributed by atoms with Gasteiger partial charge >= 0.3 is 6.18 Å². The number of halogens is 4. The van der Waals surface area contributed by atoms with Crippen molar-refractivity contribution in [1.29, 1.82) is 0 Å². The molecule has 0 aromatic rings. The van der Waals surface area contributed by atoms with Gasteiger partial charge in [0.25, 0.3) is 0 Å². The van der Waals surface area contributed by atoms with E-state index in [-0.39, 0.29) is 30.5 Å². The highest BCUT2D eigenvalue weighted by atomic mass is 127.